The van der Waals surface area contributed by atoms with Crippen molar-refractivity contribution in [1.29, 1.82) is 0 Å². The van der Waals surface area contributed by atoms with E-state index in [-0.39, 0.29) is 0 Å². The lowest BCUT2D eigenvalue weighted by molar-refractivity contribution is 0.0999. The molecule has 4 N–H and O–H groups in total. The van der Waals surface area contributed by atoms with Crippen LogP contribution in [0.1, 0.15) is 20.7 Å². The maximum absolute atomic E-state index is 10.8. The average molecular weight is 290 g/mol. The van der Waals surface area contributed by atoms with Gasteiger partial charge in [-0.1, -0.05) is 0 Å². The summed E-state index contributed by atoms with van der Waals surface area (Å²) < 4.78 is 0.753. The minimum absolute atomic E-state index is 0.292. The molecule has 0 saturated carbocycles. The van der Waals surface area contributed by atoms with Crippen molar-refractivity contribution >= 4 is 34.4 Å². The molecule has 2 amide bonds. The number of carbonyl (C=O) groups excluding carboxylic acids is 2. The Morgan fingerprint density at radius 3 is 1.69 bits per heavy atom. The number of carbonyl (C=O) groups is 2. The van der Waals surface area contributed by atoms with Crippen molar-refractivity contribution in [3.63, 3.8) is 0 Å². The maximum atomic E-state index is 10.8. The van der Waals surface area contributed by atoms with Gasteiger partial charge < -0.3 is 11.5 Å². The first kappa shape index (κ1) is 9.97. The fourth-order valence-corrected chi connectivity index (χ4v) is 1.55. The summed E-state index contributed by atoms with van der Waals surface area (Å²) in [6.07, 6.45) is 0. The number of nitrogens with two attached hydrogens (primary N) is 2. The van der Waals surface area contributed by atoms with Crippen LogP contribution in [0.15, 0.2) is 18.2 Å². The van der Waals surface area contributed by atoms with Gasteiger partial charge in [0.05, 0.1) is 0 Å². The first-order valence-corrected chi connectivity index (χ1v) is 4.49. The van der Waals surface area contributed by atoms with Gasteiger partial charge in [-0.05, 0) is 40.8 Å². The number of amides is 2. The van der Waals surface area contributed by atoms with Crippen molar-refractivity contribution in [3.05, 3.63) is 32.9 Å². The summed E-state index contributed by atoms with van der Waals surface area (Å²) in [5.41, 5.74) is 10.7. The molecule has 0 aliphatic heterocycles. The van der Waals surface area contributed by atoms with E-state index < -0.39 is 11.8 Å². The van der Waals surface area contributed by atoms with E-state index in [9.17, 15) is 9.59 Å². The summed E-state index contributed by atoms with van der Waals surface area (Å²) in [6.45, 7) is 0. The van der Waals surface area contributed by atoms with Crippen LogP contribution in [0.2, 0.25) is 0 Å². The quantitative estimate of drug-likeness (QED) is 0.777. The van der Waals surface area contributed by atoms with Gasteiger partial charge in [-0.2, -0.15) is 0 Å². The molecule has 0 unspecified atom stereocenters. The molecule has 4 nitrogen and oxygen atoms in total. The van der Waals surface area contributed by atoms with Crippen LogP contribution in [0.4, 0.5) is 0 Å². The normalized spacial score (nSPS) is 9.62. The van der Waals surface area contributed by atoms with Crippen LogP contribution >= 0.6 is 22.6 Å². The Labute approximate surface area is 88.4 Å². The standard InChI is InChI=1S/C8H7IN2O2/c9-6-2-4(7(10)12)1-5(3-6)8(11)13/h1-3H,(H2,10,12)(H2,11,13). The largest absolute Gasteiger partial charge is 0.366 e. The van der Waals surface area contributed by atoms with Crippen LogP contribution in [-0.4, -0.2) is 11.8 Å². The highest BCUT2D eigenvalue weighted by Gasteiger charge is 2.07. The van der Waals surface area contributed by atoms with Gasteiger partial charge in [0.1, 0.15) is 0 Å². The molecule has 0 aliphatic carbocycles. The molecule has 1 aromatic carbocycles. The predicted octanol–water partition coefficient (Wildman–Crippen LogP) is 0.489. The summed E-state index contributed by atoms with van der Waals surface area (Å²) in [6, 6.07) is 4.57. The summed E-state index contributed by atoms with van der Waals surface area (Å²) in [5, 5.41) is 0. The van der Waals surface area contributed by atoms with Crippen LogP contribution < -0.4 is 11.5 Å². The third-order valence-electron chi connectivity index (χ3n) is 1.47. The summed E-state index contributed by atoms with van der Waals surface area (Å²) >= 11 is 1.98. The maximum Gasteiger partial charge on any atom is 0.248 e. The zero-order chi connectivity index (χ0) is 10.0. The van der Waals surface area contributed by atoms with Crippen molar-refractivity contribution in [1.82, 2.24) is 0 Å². The fraction of sp³-hybridized carbons (Fsp3) is 0. The lowest BCUT2D eigenvalue weighted by atomic mass is 10.1. The van der Waals surface area contributed by atoms with E-state index in [2.05, 4.69) is 0 Å². The predicted molar refractivity (Wildman–Crippen MR) is 56.2 cm³/mol. The summed E-state index contributed by atoms with van der Waals surface area (Å²) in [7, 11) is 0. The third-order valence-corrected chi connectivity index (χ3v) is 2.09. The van der Waals surface area contributed by atoms with Crippen molar-refractivity contribution in [2.45, 2.75) is 0 Å². The third kappa shape index (κ3) is 2.41. The molecule has 68 valence electrons. The molecule has 0 saturated heterocycles. The Morgan fingerprint density at radius 2 is 1.38 bits per heavy atom. The number of hydrogen-bond acceptors (Lipinski definition) is 2. The van der Waals surface area contributed by atoms with E-state index in [0.717, 1.165) is 3.57 Å². The SMILES string of the molecule is NC(=O)c1cc(I)cc(C(N)=O)c1. The first-order valence-electron chi connectivity index (χ1n) is 3.41. The minimum atomic E-state index is -0.569. The molecule has 0 spiro atoms. The van der Waals surface area contributed by atoms with Gasteiger partial charge in [0.15, 0.2) is 0 Å². The second-order valence-corrected chi connectivity index (χ2v) is 3.70. The van der Waals surface area contributed by atoms with Crippen LogP contribution in [0, 0.1) is 3.57 Å². The van der Waals surface area contributed by atoms with E-state index in [1.807, 2.05) is 22.6 Å². The summed E-state index contributed by atoms with van der Waals surface area (Å²) in [5.74, 6) is -1.14. The minimum Gasteiger partial charge on any atom is -0.366 e. The molecule has 0 aliphatic rings. The van der Waals surface area contributed by atoms with E-state index in [1.54, 1.807) is 12.1 Å². The van der Waals surface area contributed by atoms with E-state index in [1.165, 1.54) is 6.07 Å². The van der Waals surface area contributed by atoms with Gasteiger partial charge in [0, 0.05) is 14.7 Å². The van der Waals surface area contributed by atoms with Gasteiger partial charge in [-0.25, -0.2) is 0 Å². The number of halogens is 1. The second-order valence-electron chi connectivity index (χ2n) is 2.46. The van der Waals surface area contributed by atoms with Gasteiger partial charge in [0.25, 0.3) is 0 Å². The van der Waals surface area contributed by atoms with E-state index in [0.29, 0.717) is 11.1 Å². The lowest BCUT2D eigenvalue weighted by Crippen LogP contribution is -2.15. The molecule has 0 fully saturated rings. The van der Waals surface area contributed by atoms with Crippen LogP contribution in [0.5, 0.6) is 0 Å². The van der Waals surface area contributed by atoms with Gasteiger partial charge in [-0.3, -0.25) is 9.59 Å². The highest BCUT2D eigenvalue weighted by Crippen LogP contribution is 2.11. The number of hydrogen-bond donors (Lipinski definition) is 2. The lowest BCUT2D eigenvalue weighted by Gasteiger charge is -2.00. The van der Waals surface area contributed by atoms with Gasteiger partial charge in [-0.15, -0.1) is 0 Å². The van der Waals surface area contributed by atoms with Crippen LogP contribution in [0.25, 0.3) is 0 Å². The molecule has 0 atom stereocenters. The topological polar surface area (TPSA) is 86.2 Å². The Morgan fingerprint density at radius 1 is 1.00 bits per heavy atom. The molecule has 1 rings (SSSR count). The fourth-order valence-electron chi connectivity index (χ4n) is 0.874. The number of benzene rings is 1. The van der Waals surface area contributed by atoms with Crippen molar-refractivity contribution < 1.29 is 9.59 Å². The average Bonchev–Trinajstić information content (AvgIpc) is 2.03. The molecular weight excluding hydrogens is 283 g/mol. The summed E-state index contributed by atoms with van der Waals surface area (Å²) in [4.78, 5) is 21.6. The number of rotatable bonds is 2. The second kappa shape index (κ2) is 3.73. The van der Waals surface area contributed by atoms with Crippen molar-refractivity contribution in [3.8, 4) is 0 Å². The van der Waals surface area contributed by atoms with E-state index in [4.69, 9.17) is 11.5 Å². The Kier molecular flexibility index (Phi) is 2.86. The first-order chi connectivity index (χ1) is 6.00. The highest BCUT2D eigenvalue weighted by atomic mass is 127. The number of primary amides is 2. The molecule has 0 aromatic heterocycles. The monoisotopic (exact) mass is 290 g/mol. The molecular formula is C8H7IN2O2. The van der Waals surface area contributed by atoms with Crippen LogP contribution in [0.3, 0.4) is 0 Å². The molecule has 0 heterocycles. The molecule has 1 aromatic rings. The Hall–Kier alpha value is -1.11. The highest BCUT2D eigenvalue weighted by molar-refractivity contribution is 14.1. The molecule has 13 heavy (non-hydrogen) atoms. The zero-order valence-electron chi connectivity index (χ0n) is 6.58. The van der Waals surface area contributed by atoms with Gasteiger partial charge in [0.2, 0.25) is 11.8 Å². The Bertz CT molecular complexity index is 344. The Balaban J connectivity index is 3.26. The molecule has 5 heteroatoms. The van der Waals surface area contributed by atoms with Crippen molar-refractivity contribution in [2.24, 2.45) is 11.5 Å². The zero-order valence-corrected chi connectivity index (χ0v) is 8.74. The van der Waals surface area contributed by atoms with Gasteiger partial charge >= 0.3 is 0 Å². The van der Waals surface area contributed by atoms with E-state index >= 15 is 0 Å². The molecule has 0 bridgehead atoms. The van der Waals surface area contributed by atoms with Crippen LogP contribution in [-0.2, 0) is 0 Å². The smallest absolute Gasteiger partial charge is 0.248 e. The molecule has 0 radical (unpaired) electrons. The van der Waals surface area contributed by atoms with Crippen molar-refractivity contribution in [2.75, 3.05) is 0 Å².